The number of hydrogen-bond donors (Lipinski definition) is 0. The third-order valence-electron chi connectivity index (χ3n) is 2.85. The normalized spacial score (nSPS) is 24.6. The molecule has 18 heavy (non-hydrogen) atoms. The van der Waals surface area contributed by atoms with E-state index >= 15 is 0 Å². The van der Waals surface area contributed by atoms with Gasteiger partial charge in [0.2, 0.25) is 0 Å². The Morgan fingerprint density at radius 1 is 1.22 bits per heavy atom. The first-order valence-electron chi connectivity index (χ1n) is 6.28. The van der Waals surface area contributed by atoms with E-state index in [1.54, 1.807) is 4.90 Å². The van der Waals surface area contributed by atoms with Crippen LogP contribution in [0.25, 0.3) is 0 Å². The number of methoxy groups -OCH3 is 1. The summed E-state index contributed by atoms with van der Waals surface area (Å²) in [6.07, 6.45) is 0.398. The van der Waals surface area contributed by atoms with Crippen LogP contribution in [0.5, 0.6) is 0 Å². The lowest BCUT2D eigenvalue weighted by Gasteiger charge is -2.36. The Bertz CT molecular complexity index is 321. The molecule has 0 unspecified atom stereocenters. The van der Waals surface area contributed by atoms with Gasteiger partial charge in [-0.1, -0.05) is 6.92 Å². The van der Waals surface area contributed by atoms with Crippen LogP contribution in [0.3, 0.4) is 0 Å². The molecule has 2 atom stereocenters. The molecule has 0 radical (unpaired) electrons. The number of likely N-dealkylation sites (tertiary alicyclic amines) is 1. The first-order valence-corrected chi connectivity index (χ1v) is 6.28. The van der Waals surface area contributed by atoms with Gasteiger partial charge in [-0.05, 0) is 33.1 Å². The molecule has 104 valence electrons. The van der Waals surface area contributed by atoms with Gasteiger partial charge in [0, 0.05) is 13.1 Å². The van der Waals surface area contributed by atoms with Crippen molar-refractivity contribution in [3.63, 3.8) is 0 Å². The highest BCUT2D eigenvalue weighted by Gasteiger charge is 2.34. The largest absolute Gasteiger partial charge is 0.469 e. The fraction of sp³-hybridized carbons (Fsp3) is 0.846. The molecule has 0 aliphatic carbocycles. The molecular weight excluding hydrogens is 234 g/mol. The molecule has 0 aromatic carbocycles. The van der Waals surface area contributed by atoms with Crippen molar-refractivity contribution >= 4 is 12.1 Å². The van der Waals surface area contributed by atoms with E-state index < -0.39 is 5.60 Å². The topological polar surface area (TPSA) is 55.8 Å². The lowest BCUT2D eigenvalue weighted by molar-refractivity contribution is -0.147. The van der Waals surface area contributed by atoms with E-state index in [0.717, 1.165) is 6.42 Å². The fourth-order valence-electron chi connectivity index (χ4n) is 2.16. The molecule has 5 nitrogen and oxygen atoms in total. The van der Waals surface area contributed by atoms with Crippen LogP contribution in [0.1, 0.15) is 34.1 Å². The van der Waals surface area contributed by atoms with Gasteiger partial charge in [0.1, 0.15) is 5.60 Å². The van der Waals surface area contributed by atoms with Crippen molar-refractivity contribution in [2.45, 2.75) is 39.7 Å². The average molecular weight is 257 g/mol. The maximum Gasteiger partial charge on any atom is 0.410 e. The Morgan fingerprint density at radius 3 is 2.33 bits per heavy atom. The summed E-state index contributed by atoms with van der Waals surface area (Å²) in [4.78, 5) is 25.1. The first-order chi connectivity index (χ1) is 8.23. The molecule has 0 aromatic rings. The summed E-state index contributed by atoms with van der Waals surface area (Å²) in [5.41, 5.74) is -0.515. The molecule has 1 fully saturated rings. The molecule has 1 saturated heterocycles. The van der Waals surface area contributed by atoms with E-state index in [-0.39, 0.29) is 23.9 Å². The Labute approximate surface area is 108 Å². The molecule has 0 spiro atoms. The maximum atomic E-state index is 12.0. The number of piperidine rings is 1. The van der Waals surface area contributed by atoms with Gasteiger partial charge in [-0.2, -0.15) is 0 Å². The van der Waals surface area contributed by atoms with Crippen LogP contribution < -0.4 is 0 Å². The van der Waals surface area contributed by atoms with Crippen molar-refractivity contribution < 1.29 is 19.1 Å². The van der Waals surface area contributed by atoms with Crippen molar-refractivity contribution in [1.29, 1.82) is 0 Å². The zero-order valence-electron chi connectivity index (χ0n) is 11.9. The van der Waals surface area contributed by atoms with Gasteiger partial charge < -0.3 is 14.4 Å². The molecule has 1 rings (SSSR count). The van der Waals surface area contributed by atoms with Crippen LogP contribution >= 0.6 is 0 Å². The second-order valence-electron chi connectivity index (χ2n) is 5.95. The Kier molecular flexibility index (Phi) is 4.59. The van der Waals surface area contributed by atoms with Gasteiger partial charge in [0.25, 0.3) is 0 Å². The Hall–Kier alpha value is -1.26. The van der Waals surface area contributed by atoms with Gasteiger partial charge >= 0.3 is 12.1 Å². The maximum absolute atomic E-state index is 12.0. The molecule has 0 bridgehead atoms. The summed E-state index contributed by atoms with van der Waals surface area (Å²) < 4.78 is 10.1. The fourth-order valence-corrected chi connectivity index (χ4v) is 2.16. The number of amides is 1. The molecule has 1 amide bonds. The molecular formula is C13H23NO4. The smallest absolute Gasteiger partial charge is 0.410 e. The summed E-state index contributed by atoms with van der Waals surface area (Å²) >= 11 is 0. The summed E-state index contributed by atoms with van der Waals surface area (Å²) in [6.45, 7) is 8.52. The van der Waals surface area contributed by atoms with Gasteiger partial charge in [-0.25, -0.2) is 4.79 Å². The number of carbonyl (C=O) groups is 2. The second-order valence-corrected chi connectivity index (χ2v) is 5.95. The number of esters is 1. The average Bonchev–Trinajstić information content (AvgIpc) is 2.24. The summed E-state index contributed by atoms with van der Waals surface area (Å²) in [5, 5.41) is 0. The highest BCUT2D eigenvalue weighted by Crippen LogP contribution is 2.24. The molecule has 1 aliphatic heterocycles. The van der Waals surface area contributed by atoms with E-state index in [1.807, 2.05) is 27.7 Å². The number of rotatable bonds is 1. The highest BCUT2D eigenvalue weighted by molar-refractivity contribution is 5.74. The standard InChI is InChI=1S/C13H23NO4/c1-9-6-10(11(15)17-5)8-14(7-9)12(16)18-13(2,3)4/h9-10H,6-8H2,1-5H3/t9-,10-/m1/s1. The number of ether oxygens (including phenoxy) is 2. The van der Waals surface area contributed by atoms with Crippen molar-refractivity contribution in [2.24, 2.45) is 11.8 Å². The molecule has 0 N–H and O–H groups in total. The van der Waals surface area contributed by atoms with Crippen LogP contribution in [-0.2, 0) is 14.3 Å². The zero-order chi connectivity index (χ0) is 13.9. The number of nitrogens with zero attached hydrogens (tertiary/aromatic N) is 1. The van der Waals surface area contributed by atoms with Crippen LogP contribution in [0.4, 0.5) is 4.79 Å². The van der Waals surface area contributed by atoms with Crippen LogP contribution in [0, 0.1) is 11.8 Å². The summed E-state index contributed by atoms with van der Waals surface area (Å²) in [5.74, 6) is -0.225. The molecule has 0 saturated carbocycles. The van der Waals surface area contributed by atoms with Gasteiger partial charge in [-0.3, -0.25) is 4.79 Å². The third kappa shape index (κ3) is 4.20. The van der Waals surface area contributed by atoms with E-state index in [2.05, 4.69) is 0 Å². The quantitative estimate of drug-likeness (QED) is 0.675. The molecule has 1 aliphatic rings. The SMILES string of the molecule is COC(=O)[C@@H]1C[C@@H](C)CN(C(=O)OC(C)(C)C)C1. The highest BCUT2D eigenvalue weighted by atomic mass is 16.6. The summed E-state index contributed by atoms with van der Waals surface area (Å²) in [7, 11) is 1.37. The van der Waals surface area contributed by atoms with Crippen LogP contribution in [0.15, 0.2) is 0 Å². The van der Waals surface area contributed by atoms with Crippen LogP contribution in [0.2, 0.25) is 0 Å². The number of hydrogen-bond acceptors (Lipinski definition) is 4. The Balaban J connectivity index is 2.66. The zero-order valence-corrected chi connectivity index (χ0v) is 11.9. The minimum Gasteiger partial charge on any atom is -0.469 e. The molecule has 0 aromatic heterocycles. The monoisotopic (exact) mass is 257 g/mol. The van der Waals surface area contributed by atoms with Crippen molar-refractivity contribution in [1.82, 2.24) is 4.90 Å². The van der Waals surface area contributed by atoms with Gasteiger partial charge in [0.05, 0.1) is 13.0 Å². The predicted octanol–water partition coefficient (Wildman–Crippen LogP) is 2.05. The van der Waals surface area contributed by atoms with Gasteiger partial charge in [0.15, 0.2) is 0 Å². The van der Waals surface area contributed by atoms with E-state index in [4.69, 9.17) is 9.47 Å². The third-order valence-corrected chi connectivity index (χ3v) is 2.85. The molecule has 1 heterocycles. The minimum absolute atomic E-state index is 0.244. The summed E-state index contributed by atoms with van der Waals surface area (Å²) in [6, 6.07) is 0. The predicted molar refractivity (Wildman–Crippen MR) is 67.1 cm³/mol. The van der Waals surface area contributed by atoms with E-state index in [0.29, 0.717) is 13.1 Å². The van der Waals surface area contributed by atoms with Crippen molar-refractivity contribution in [3.8, 4) is 0 Å². The molecule has 5 heteroatoms. The number of carbonyl (C=O) groups excluding carboxylic acids is 2. The Morgan fingerprint density at radius 2 is 1.83 bits per heavy atom. The van der Waals surface area contributed by atoms with Gasteiger partial charge in [-0.15, -0.1) is 0 Å². The minimum atomic E-state index is -0.515. The first kappa shape index (κ1) is 14.8. The lowest BCUT2D eigenvalue weighted by atomic mass is 9.91. The van der Waals surface area contributed by atoms with E-state index in [1.165, 1.54) is 7.11 Å². The van der Waals surface area contributed by atoms with Crippen molar-refractivity contribution in [3.05, 3.63) is 0 Å². The van der Waals surface area contributed by atoms with Crippen LogP contribution in [-0.4, -0.2) is 42.8 Å². The lowest BCUT2D eigenvalue weighted by Crippen LogP contribution is -2.47. The second kappa shape index (κ2) is 5.59. The van der Waals surface area contributed by atoms with Crippen molar-refractivity contribution in [2.75, 3.05) is 20.2 Å². The van der Waals surface area contributed by atoms with E-state index in [9.17, 15) is 9.59 Å².